The maximum absolute atomic E-state index is 13.2. The van der Waals surface area contributed by atoms with Gasteiger partial charge in [0.25, 0.3) is 0 Å². The van der Waals surface area contributed by atoms with E-state index in [4.69, 9.17) is 4.74 Å². The minimum absolute atomic E-state index is 0.0464. The standard InChI is InChI=1S/C24H39N3O5/c1-7-8-9-12-25-22(30)21(19-15-17(2)10-11-18(19)3)27(13-14-28)20(29)16-26-23(31)32-24(4,5)6/h10-11,15,21,28H,7-9,12-14,16H2,1-6H3,(H,25,30)(H,26,31). The molecular formula is C24H39N3O5. The van der Waals surface area contributed by atoms with Gasteiger partial charge in [-0.3, -0.25) is 9.59 Å². The molecule has 0 aliphatic rings. The van der Waals surface area contributed by atoms with Crippen LogP contribution in [0.4, 0.5) is 4.79 Å². The number of nitrogens with one attached hydrogen (secondary N) is 2. The summed E-state index contributed by atoms with van der Waals surface area (Å²) in [5.41, 5.74) is 1.81. The summed E-state index contributed by atoms with van der Waals surface area (Å²) in [4.78, 5) is 39.6. The Bertz CT molecular complexity index is 773. The van der Waals surface area contributed by atoms with Crippen molar-refractivity contribution in [3.8, 4) is 0 Å². The summed E-state index contributed by atoms with van der Waals surface area (Å²) in [5.74, 6) is -0.798. The van der Waals surface area contributed by atoms with Gasteiger partial charge >= 0.3 is 6.09 Å². The van der Waals surface area contributed by atoms with Gasteiger partial charge in [0, 0.05) is 13.1 Å². The Labute approximate surface area is 191 Å². The molecule has 3 N–H and O–H groups in total. The van der Waals surface area contributed by atoms with Crippen molar-refractivity contribution in [2.75, 3.05) is 26.2 Å². The first kappa shape index (κ1) is 27.4. The minimum Gasteiger partial charge on any atom is -0.444 e. The summed E-state index contributed by atoms with van der Waals surface area (Å²) in [6.07, 6.45) is 2.15. The van der Waals surface area contributed by atoms with Crippen molar-refractivity contribution >= 4 is 17.9 Å². The smallest absolute Gasteiger partial charge is 0.408 e. The highest BCUT2D eigenvalue weighted by Crippen LogP contribution is 2.26. The molecule has 0 radical (unpaired) electrons. The average Bonchev–Trinajstić information content (AvgIpc) is 2.70. The van der Waals surface area contributed by atoms with Crippen molar-refractivity contribution < 1.29 is 24.2 Å². The Kier molecular flexibility index (Phi) is 11.2. The predicted octanol–water partition coefficient (Wildman–Crippen LogP) is 3.00. The lowest BCUT2D eigenvalue weighted by Crippen LogP contribution is -2.49. The van der Waals surface area contributed by atoms with Crippen molar-refractivity contribution in [1.29, 1.82) is 0 Å². The number of carbonyl (C=O) groups excluding carboxylic acids is 3. The van der Waals surface area contributed by atoms with Gasteiger partial charge in [0.15, 0.2) is 0 Å². The van der Waals surface area contributed by atoms with Crippen LogP contribution in [0.3, 0.4) is 0 Å². The number of rotatable bonds is 11. The molecule has 0 heterocycles. The summed E-state index contributed by atoms with van der Waals surface area (Å²) < 4.78 is 5.18. The quantitative estimate of drug-likeness (QED) is 0.450. The van der Waals surface area contributed by atoms with Crippen LogP contribution in [0.1, 0.15) is 69.7 Å². The zero-order valence-electron chi connectivity index (χ0n) is 20.3. The Morgan fingerprint density at radius 1 is 1.12 bits per heavy atom. The molecule has 8 nitrogen and oxygen atoms in total. The second-order valence-corrected chi connectivity index (χ2v) is 8.93. The second kappa shape index (κ2) is 13.1. The first-order chi connectivity index (χ1) is 15.0. The Morgan fingerprint density at radius 3 is 2.41 bits per heavy atom. The molecule has 32 heavy (non-hydrogen) atoms. The Hall–Kier alpha value is -2.61. The van der Waals surface area contributed by atoms with Gasteiger partial charge in [-0.1, -0.05) is 43.5 Å². The van der Waals surface area contributed by atoms with Crippen LogP contribution in [0.15, 0.2) is 18.2 Å². The lowest BCUT2D eigenvalue weighted by Gasteiger charge is -2.32. The molecule has 8 heteroatoms. The molecule has 0 aliphatic carbocycles. The molecule has 0 saturated heterocycles. The molecule has 1 aromatic carbocycles. The maximum Gasteiger partial charge on any atom is 0.408 e. The first-order valence-electron chi connectivity index (χ1n) is 11.2. The number of unbranched alkanes of at least 4 members (excludes halogenated alkanes) is 2. The van der Waals surface area contributed by atoms with E-state index in [2.05, 4.69) is 17.6 Å². The molecule has 0 aromatic heterocycles. The number of nitrogens with zero attached hydrogens (tertiary/aromatic N) is 1. The summed E-state index contributed by atoms with van der Waals surface area (Å²) in [5, 5.41) is 15.0. The van der Waals surface area contributed by atoms with Crippen LogP contribution in [-0.2, 0) is 14.3 Å². The maximum atomic E-state index is 13.2. The van der Waals surface area contributed by atoms with E-state index in [0.29, 0.717) is 12.1 Å². The van der Waals surface area contributed by atoms with Gasteiger partial charge in [0.2, 0.25) is 11.8 Å². The summed E-state index contributed by atoms with van der Waals surface area (Å²) >= 11 is 0. The lowest BCUT2D eigenvalue weighted by molar-refractivity contribution is -0.140. The van der Waals surface area contributed by atoms with Gasteiger partial charge in [0.05, 0.1) is 6.61 Å². The zero-order chi connectivity index (χ0) is 24.3. The van der Waals surface area contributed by atoms with E-state index >= 15 is 0 Å². The number of aryl methyl sites for hydroxylation is 2. The molecule has 0 spiro atoms. The SMILES string of the molecule is CCCCCNC(=O)C(c1cc(C)ccc1C)N(CCO)C(=O)CNC(=O)OC(C)(C)C. The second-order valence-electron chi connectivity index (χ2n) is 8.93. The van der Waals surface area contributed by atoms with Crippen LogP contribution < -0.4 is 10.6 Å². The van der Waals surface area contributed by atoms with E-state index in [1.165, 1.54) is 4.90 Å². The highest BCUT2D eigenvalue weighted by atomic mass is 16.6. The molecule has 3 amide bonds. The fourth-order valence-electron chi connectivity index (χ4n) is 3.26. The summed E-state index contributed by atoms with van der Waals surface area (Å²) in [7, 11) is 0. The number of alkyl carbamates (subject to hydrolysis) is 1. The average molecular weight is 450 g/mol. The van der Waals surface area contributed by atoms with Crippen LogP contribution in [0.2, 0.25) is 0 Å². The molecule has 1 atom stereocenters. The third kappa shape index (κ3) is 9.26. The number of hydrogen-bond donors (Lipinski definition) is 3. The summed E-state index contributed by atoms with van der Waals surface area (Å²) in [6.45, 7) is 10.9. The third-order valence-corrected chi connectivity index (χ3v) is 4.81. The predicted molar refractivity (Wildman–Crippen MR) is 124 cm³/mol. The van der Waals surface area contributed by atoms with Gasteiger partial charge in [-0.25, -0.2) is 4.79 Å². The van der Waals surface area contributed by atoms with Crippen molar-refractivity contribution in [2.45, 2.75) is 72.4 Å². The van der Waals surface area contributed by atoms with E-state index in [9.17, 15) is 19.5 Å². The first-order valence-corrected chi connectivity index (χ1v) is 11.2. The van der Waals surface area contributed by atoms with Crippen molar-refractivity contribution in [3.05, 3.63) is 34.9 Å². The van der Waals surface area contributed by atoms with Crippen LogP contribution in [-0.4, -0.2) is 59.8 Å². The lowest BCUT2D eigenvalue weighted by atomic mass is 9.96. The topological polar surface area (TPSA) is 108 Å². The van der Waals surface area contributed by atoms with E-state index < -0.39 is 23.6 Å². The van der Waals surface area contributed by atoms with Gasteiger partial charge in [-0.05, 0) is 52.2 Å². The van der Waals surface area contributed by atoms with Gasteiger partial charge in [-0.2, -0.15) is 0 Å². The molecule has 0 aliphatic heterocycles. The van der Waals surface area contributed by atoms with Gasteiger partial charge < -0.3 is 25.4 Å². The number of benzene rings is 1. The number of amides is 3. The molecule has 1 aromatic rings. The normalized spacial score (nSPS) is 12.1. The molecule has 1 rings (SSSR count). The molecule has 1 unspecified atom stereocenters. The van der Waals surface area contributed by atoms with Crippen LogP contribution >= 0.6 is 0 Å². The number of aliphatic hydroxyl groups excluding tert-OH is 1. The minimum atomic E-state index is -0.920. The van der Waals surface area contributed by atoms with Crippen molar-refractivity contribution in [2.24, 2.45) is 0 Å². The molecular weight excluding hydrogens is 410 g/mol. The molecule has 0 saturated carbocycles. The number of aliphatic hydroxyl groups is 1. The fraction of sp³-hybridized carbons (Fsp3) is 0.625. The Balaban J connectivity index is 3.14. The van der Waals surface area contributed by atoms with Gasteiger partial charge in [0.1, 0.15) is 18.2 Å². The van der Waals surface area contributed by atoms with Crippen LogP contribution in [0, 0.1) is 13.8 Å². The van der Waals surface area contributed by atoms with Crippen LogP contribution in [0.25, 0.3) is 0 Å². The van der Waals surface area contributed by atoms with E-state index in [-0.39, 0.29) is 25.6 Å². The fourth-order valence-corrected chi connectivity index (χ4v) is 3.26. The number of carbonyl (C=O) groups is 3. The molecule has 180 valence electrons. The molecule has 0 fully saturated rings. The Morgan fingerprint density at radius 2 is 1.81 bits per heavy atom. The summed E-state index contributed by atoms with van der Waals surface area (Å²) in [6, 6.07) is 4.81. The highest BCUT2D eigenvalue weighted by molar-refractivity contribution is 5.90. The monoisotopic (exact) mass is 449 g/mol. The van der Waals surface area contributed by atoms with Gasteiger partial charge in [-0.15, -0.1) is 0 Å². The highest BCUT2D eigenvalue weighted by Gasteiger charge is 2.32. The van der Waals surface area contributed by atoms with Crippen LogP contribution in [0.5, 0.6) is 0 Å². The van der Waals surface area contributed by atoms with E-state index in [1.54, 1.807) is 20.8 Å². The van der Waals surface area contributed by atoms with E-state index in [1.807, 2.05) is 32.0 Å². The largest absolute Gasteiger partial charge is 0.444 e. The molecule has 0 bridgehead atoms. The van der Waals surface area contributed by atoms with E-state index in [0.717, 1.165) is 30.4 Å². The third-order valence-electron chi connectivity index (χ3n) is 4.81. The van der Waals surface area contributed by atoms with Crippen molar-refractivity contribution in [1.82, 2.24) is 15.5 Å². The van der Waals surface area contributed by atoms with Crippen molar-refractivity contribution in [3.63, 3.8) is 0 Å². The number of ether oxygens (including phenoxy) is 1. The number of hydrogen-bond acceptors (Lipinski definition) is 5. The zero-order valence-corrected chi connectivity index (χ0v) is 20.3.